The zero-order chi connectivity index (χ0) is 16.9. The van der Waals surface area contributed by atoms with Crippen LogP contribution >= 0.6 is 35.3 Å². The van der Waals surface area contributed by atoms with E-state index in [1.807, 2.05) is 42.6 Å². The summed E-state index contributed by atoms with van der Waals surface area (Å²) in [7, 11) is 1.77. The highest BCUT2D eigenvalue weighted by Crippen LogP contribution is 2.16. The predicted molar refractivity (Wildman–Crippen MR) is 112 cm³/mol. The van der Waals surface area contributed by atoms with Crippen LogP contribution in [0.1, 0.15) is 21.4 Å². The minimum Gasteiger partial charge on any atom is -0.356 e. The lowest BCUT2D eigenvalue weighted by atomic mass is 10.4. The van der Waals surface area contributed by atoms with Gasteiger partial charge in [0.15, 0.2) is 11.6 Å². The SMILES string of the molecule is CN=C(NCCc1nnc2ccccn12)NCc1sc(C)nc1C.I. The summed E-state index contributed by atoms with van der Waals surface area (Å²) in [6.45, 7) is 5.52. The maximum atomic E-state index is 4.44. The summed E-state index contributed by atoms with van der Waals surface area (Å²) in [4.78, 5) is 9.93. The zero-order valence-electron chi connectivity index (χ0n) is 14.5. The molecule has 0 aliphatic rings. The van der Waals surface area contributed by atoms with E-state index in [-0.39, 0.29) is 24.0 Å². The highest BCUT2D eigenvalue weighted by molar-refractivity contribution is 14.0. The van der Waals surface area contributed by atoms with E-state index in [9.17, 15) is 0 Å². The molecule has 3 aromatic heterocycles. The Labute approximate surface area is 168 Å². The van der Waals surface area contributed by atoms with Gasteiger partial charge in [0.1, 0.15) is 5.82 Å². The zero-order valence-corrected chi connectivity index (χ0v) is 17.6. The van der Waals surface area contributed by atoms with E-state index >= 15 is 0 Å². The van der Waals surface area contributed by atoms with E-state index in [0.29, 0.717) is 0 Å². The first kappa shape index (κ1) is 19.6. The molecule has 0 bridgehead atoms. The van der Waals surface area contributed by atoms with Crippen molar-refractivity contribution in [2.75, 3.05) is 13.6 Å². The van der Waals surface area contributed by atoms with Crippen LogP contribution in [0.4, 0.5) is 0 Å². The molecule has 0 aliphatic heterocycles. The normalized spacial score (nSPS) is 11.4. The van der Waals surface area contributed by atoms with Crippen molar-refractivity contribution in [3.63, 3.8) is 0 Å². The molecule has 0 saturated heterocycles. The lowest BCUT2D eigenvalue weighted by Gasteiger charge is -2.11. The van der Waals surface area contributed by atoms with Crippen LogP contribution in [0.2, 0.25) is 0 Å². The van der Waals surface area contributed by atoms with Crippen molar-refractivity contribution in [3.8, 4) is 0 Å². The maximum absolute atomic E-state index is 4.44. The third-order valence-corrected chi connectivity index (χ3v) is 4.74. The van der Waals surface area contributed by atoms with Crippen molar-refractivity contribution in [2.45, 2.75) is 26.8 Å². The summed E-state index contributed by atoms with van der Waals surface area (Å²) in [5.74, 6) is 1.71. The van der Waals surface area contributed by atoms with Crippen LogP contribution in [-0.2, 0) is 13.0 Å². The molecule has 0 spiro atoms. The molecule has 3 heterocycles. The lowest BCUT2D eigenvalue weighted by Crippen LogP contribution is -2.38. The molecule has 0 aliphatic carbocycles. The quantitative estimate of drug-likeness (QED) is 0.339. The van der Waals surface area contributed by atoms with E-state index in [1.54, 1.807) is 18.4 Å². The molecule has 9 heteroatoms. The molecule has 0 aromatic carbocycles. The molecule has 0 amide bonds. The number of hydrogen-bond donors (Lipinski definition) is 2. The van der Waals surface area contributed by atoms with Gasteiger partial charge < -0.3 is 10.6 Å². The molecule has 134 valence electrons. The van der Waals surface area contributed by atoms with Crippen LogP contribution in [0.15, 0.2) is 29.4 Å². The number of aromatic nitrogens is 4. The van der Waals surface area contributed by atoms with E-state index in [0.717, 1.165) is 47.6 Å². The van der Waals surface area contributed by atoms with Crippen molar-refractivity contribution in [1.82, 2.24) is 30.2 Å². The van der Waals surface area contributed by atoms with Crippen LogP contribution in [0.3, 0.4) is 0 Å². The van der Waals surface area contributed by atoms with Gasteiger partial charge in [-0.25, -0.2) is 4.98 Å². The van der Waals surface area contributed by atoms with Crippen molar-refractivity contribution in [3.05, 3.63) is 45.8 Å². The largest absolute Gasteiger partial charge is 0.356 e. The molecule has 3 rings (SSSR count). The number of nitrogens with zero attached hydrogens (tertiary/aromatic N) is 5. The fourth-order valence-electron chi connectivity index (χ4n) is 2.48. The molecule has 3 aromatic rings. The highest BCUT2D eigenvalue weighted by Gasteiger charge is 2.07. The second-order valence-corrected chi connectivity index (χ2v) is 6.68. The molecule has 2 N–H and O–H groups in total. The van der Waals surface area contributed by atoms with Crippen molar-refractivity contribution in [1.29, 1.82) is 0 Å². The Bertz CT molecular complexity index is 855. The Morgan fingerprint density at radius 2 is 2.08 bits per heavy atom. The van der Waals surface area contributed by atoms with Gasteiger partial charge in [0.05, 0.1) is 17.2 Å². The Hall–Kier alpha value is -1.75. The van der Waals surface area contributed by atoms with Gasteiger partial charge in [0.2, 0.25) is 0 Å². The number of fused-ring (bicyclic) bond motifs is 1. The summed E-state index contributed by atoms with van der Waals surface area (Å²) in [5, 5.41) is 16.1. The van der Waals surface area contributed by atoms with Gasteiger partial charge in [-0.1, -0.05) is 6.07 Å². The number of pyridine rings is 1. The summed E-state index contributed by atoms with van der Waals surface area (Å²) in [6, 6.07) is 5.89. The molecular formula is C16H22IN7S. The Morgan fingerprint density at radius 1 is 1.24 bits per heavy atom. The predicted octanol–water partition coefficient (Wildman–Crippen LogP) is 2.33. The van der Waals surface area contributed by atoms with Gasteiger partial charge >= 0.3 is 0 Å². The molecule has 0 fully saturated rings. The van der Waals surface area contributed by atoms with E-state index in [4.69, 9.17) is 0 Å². The van der Waals surface area contributed by atoms with Crippen LogP contribution < -0.4 is 10.6 Å². The second kappa shape index (κ2) is 9.09. The van der Waals surface area contributed by atoms with Crippen molar-refractivity contribution < 1.29 is 0 Å². The minimum absolute atomic E-state index is 0. The van der Waals surface area contributed by atoms with Crippen LogP contribution in [0, 0.1) is 13.8 Å². The fraction of sp³-hybridized carbons (Fsp3) is 0.375. The molecule has 0 saturated carbocycles. The second-order valence-electron chi connectivity index (χ2n) is 5.39. The molecule has 7 nitrogen and oxygen atoms in total. The number of aliphatic imine (C=N–C) groups is 1. The molecular weight excluding hydrogens is 449 g/mol. The lowest BCUT2D eigenvalue weighted by molar-refractivity contribution is 0.762. The Balaban J connectivity index is 0.00000225. The first-order chi connectivity index (χ1) is 11.7. The Kier molecular flexibility index (Phi) is 7.12. The van der Waals surface area contributed by atoms with Gasteiger partial charge in [-0.05, 0) is 26.0 Å². The minimum atomic E-state index is 0. The highest BCUT2D eigenvalue weighted by atomic mass is 127. The number of halogens is 1. The number of rotatable bonds is 5. The molecule has 25 heavy (non-hydrogen) atoms. The van der Waals surface area contributed by atoms with Gasteiger partial charge in [-0.3, -0.25) is 9.39 Å². The first-order valence-corrected chi connectivity index (χ1v) is 8.65. The van der Waals surface area contributed by atoms with Gasteiger partial charge in [0.25, 0.3) is 0 Å². The number of thiazole rings is 1. The van der Waals surface area contributed by atoms with Gasteiger partial charge in [0, 0.05) is 31.1 Å². The number of aryl methyl sites for hydroxylation is 2. The summed E-state index contributed by atoms with van der Waals surface area (Å²) < 4.78 is 2.00. The number of hydrogen-bond acceptors (Lipinski definition) is 5. The molecule has 0 radical (unpaired) electrons. The van der Waals surface area contributed by atoms with Crippen molar-refractivity contribution >= 4 is 46.9 Å². The molecule has 0 atom stereocenters. The number of nitrogens with one attached hydrogen (secondary N) is 2. The topological polar surface area (TPSA) is 79.5 Å². The Morgan fingerprint density at radius 3 is 2.80 bits per heavy atom. The third kappa shape index (κ3) is 4.88. The van der Waals surface area contributed by atoms with E-state index in [1.165, 1.54) is 4.88 Å². The number of guanidine groups is 1. The third-order valence-electron chi connectivity index (χ3n) is 3.66. The average molecular weight is 471 g/mol. The monoisotopic (exact) mass is 471 g/mol. The van der Waals surface area contributed by atoms with E-state index < -0.39 is 0 Å². The van der Waals surface area contributed by atoms with Crippen LogP contribution in [0.25, 0.3) is 5.65 Å². The summed E-state index contributed by atoms with van der Waals surface area (Å²) >= 11 is 1.71. The smallest absolute Gasteiger partial charge is 0.191 e. The summed E-state index contributed by atoms with van der Waals surface area (Å²) in [5.41, 5.74) is 1.95. The van der Waals surface area contributed by atoms with Crippen LogP contribution in [-0.4, -0.2) is 39.1 Å². The first-order valence-electron chi connectivity index (χ1n) is 7.83. The average Bonchev–Trinajstić information content (AvgIpc) is 3.13. The van der Waals surface area contributed by atoms with Gasteiger partial charge in [-0.15, -0.1) is 45.5 Å². The van der Waals surface area contributed by atoms with Crippen molar-refractivity contribution in [2.24, 2.45) is 4.99 Å². The summed E-state index contributed by atoms with van der Waals surface area (Å²) in [6.07, 6.45) is 2.75. The molecule has 0 unspecified atom stereocenters. The van der Waals surface area contributed by atoms with Gasteiger partial charge in [-0.2, -0.15) is 0 Å². The van der Waals surface area contributed by atoms with E-state index in [2.05, 4.69) is 30.8 Å². The standard InChI is InChI=1S/C16H21N7S.HI/c1-11-13(24-12(2)20-11)10-19-16(17-3)18-8-7-15-22-21-14-6-4-5-9-23(14)15;/h4-6,9H,7-8,10H2,1-3H3,(H2,17,18,19);1H. The van der Waals surface area contributed by atoms with Crippen LogP contribution in [0.5, 0.6) is 0 Å². The fourth-order valence-corrected chi connectivity index (χ4v) is 3.35. The maximum Gasteiger partial charge on any atom is 0.191 e.